The lowest BCUT2D eigenvalue weighted by atomic mass is 10.0. The molecule has 200 valence electrons. The molecule has 0 spiro atoms. The van der Waals surface area contributed by atoms with Gasteiger partial charge < -0.3 is 30.0 Å². The van der Waals surface area contributed by atoms with Crippen molar-refractivity contribution in [1.82, 2.24) is 4.98 Å². The number of anilines is 2. The minimum absolute atomic E-state index is 0.0206. The largest absolute Gasteiger partial charge is 0.506 e. The third-order valence-electron chi connectivity index (χ3n) is 6.44. The molecular weight excluding hydrogens is 512 g/mol. The van der Waals surface area contributed by atoms with E-state index < -0.39 is 34.6 Å². The van der Waals surface area contributed by atoms with Crippen LogP contribution in [0.1, 0.15) is 12.8 Å². The Morgan fingerprint density at radius 2 is 1.59 bits per heavy atom. The molecule has 1 aliphatic rings. The monoisotopic (exact) mass is 535 g/mol. The summed E-state index contributed by atoms with van der Waals surface area (Å²) in [6.07, 6.45) is 2.04. The Balaban J connectivity index is 1.31. The van der Waals surface area contributed by atoms with Crippen molar-refractivity contribution in [2.75, 3.05) is 24.9 Å². The van der Waals surface area contributed by atoms with E-state index >= 15 is 4.39 Å². The van der Waals surface area contributed by atoms with Crippen molar-refractivity contribution in [3.05, 3.63) is 72.4 Å². The van der Waals surface area contributed by atoms with Gasteiger partial charge in [0.25, 0.3) is 0 Å². The van der Waals surface area contributed by atoms with E-state index in [0.717, 1.165) is 18.2 Å². The number of phenols is 1. The lowest BCUT2D eigenvalue weighted by molar-refractivity contribution is -0.131. The number of aromatic hydroxyl groups is 1. The van der Waals surface area contributed by atoms with E-state index in [-0.39, 0.29) is 30.0 Å². The molecule has 0 radical (unpaired) electrons. The number of aromatic nitrogens is 1. The van der Waals surface area contributed by atoms with Crippen LogP contribution in [0.2, 0.25) is 0 Å². The highest BCUT2D eigenvalue weighted by Crippen LogP contribution is 2.48. The number of halogens is 2. The Hall–Kier alpha value is -4.93. The number of amides is 2. The van der Waals surface area contributed by atoms with Crippen LogP contribution < -0.4 is 24.8 Å². The number of carbonyl (C=O) groups excluding carboxylic acids is 2. The Labute approximate surface area is 221 Å². The number of phenolic OH excluding ortho intramolecular Hbond substituents is 1. The molecule has 0 atom stereocenters. The smallest absolute Gasteiger partial charge is 0.240 e. The summed E-state index contributed by atoms with van der Waals surface area (Å²) in [5.41, 5.74) is -0.730. The summed E-state index contributed by atoms with van der Waals surface area (Å²) in [5, 5.41) is 15.4. The van der Waals surface area contributed by atoms with Crippen molar-refractivity contribution >= 4 is 34.1 Å². The molecule has 0 unspecified atom stereocenters. The molecule has 39 heavy (non-hydrogen) atoms. The summed E-state index contributed by atoms with van der Waals surface area (Å²) in [7, 11) is 3.00. The number of methoxy groups -OCH3 is 2. The number of hydrogen-bond donors (Lipinski definition) is 3. The number of carbonyl (C=O) groups is 2. The lowest BCUT2D eigenvalue weighted by Gasteiger charge is -2.17. The number of rotatable bonds is 8. The average Bonchev–Trinajstić information content (AvgIpc) is 3.73. The summed E-state index contributed by atoms with van der Waals surface area (Å²) in [6, 6.07) is 11.9. The zero-order chi connectivity index (χ0) is 27.7. The summed E-state index contributed by atoms with van der Waals surface area (Å²) < 4.78 is 44.7. The van der Waals surface area contributed by atoms with Crippen LogP contribution in [0.25, 0.3) is 10.9 Å². The molecule has 0 aliphatic heterocycles. The van der Waals surface area contributed by atoms with Gasteiger partial charge in [-0.15, -0.1) is 0 Å². The molecule has 3 N–H and O–H groups in total. The third kappa shape index (κ3) is 4.98. The van der Waals surface area contributed by atoms with Gasteiger partial charge in [0.05, 0.1) is 25.4 Å². The molecule has 1 heterocycles. The predicted molar refractivity (Wildman–Crippen MR) is 138 cm³/mol. The minimum Gasteiger partial charge on any atom is -0.506 e. The standard InChI is InChI=1S/C28H23F2N3O6/c1-37-24-13-17-20(14-25(24)38-2)31-10-7-22(17)39-23-6-4-16(12-18(23)30)32-26(35)28(8-9-28)27(36)33-19-5-3-15(29)11-21(19)34/h3-7,10-14,34H,8-9H2,1-2H3,(H,32,35)(H,33,36). The van der Waals surface area contributed by atoms with Crippen LogP contribution in [-0.4, -0.2) is 36.1 Å². The molecule has 1 aromatic heterocycles. The number of nitrogens with one attached hydrogen (secondary N) is 2. The van der Waals surface area contributed by atoms with Crippen LogP contribution in [0.15, 0.2) is 60.8 Å². The third-order valence-corrected chi connectivity index (χ3v) is 6.44. The fraction of sp³-hybridized carbons (Fsp3) is 0.179. The number of benzene rings is 3. The second-order valence-electron chi connectivity index (χ2n) is 8.93. The topological polar surface area (TPSA) is 119 Å². The van der Waals surface area contributed by atoms with Gasteiger partial charge in [0.15, 0.2) is 23.1 Å². The number of hydrogen-bond acceptors (Lipinski definition) is 7. The molecular formula is C28H23F2N3O6. The van der Waals surface area contributed by atoms with E-state index in [2.05, 4.69) is 15.6 Å². The summed E-state index contributed by atoms with van der Waals surface area (Å²) in [6.45, 7) is 0. The summed E-state index contributed by atoms with van der Waals surface area (Å²) in [4.78, 5) is 30.0. The molecule has 0 saturated heterocycles. The maximum absolute atomic E-state index is 15.0. The highest BCUT2D eigenvalue weighted by atomic mass is 19.1. The Morgan fingerprint density at radius 1 is 0.872 bits per heavy atom. The van der Waals surface area contributed by atoms with Gasteiger partial charge in [-0.2, -0.15) is 0 Å². The SMILES string of the molecule is COc1cc2nccc(Oc3ccc(NC(=O)C4(C(=O)Nc5ccc(F)cc5O)CC4)cc3F)c2cc1OC. The first-order valence-electron chi connectivity index (χ1n) is 11.8. The quantitative estimate of drug-likeness (QED) is 0.205. The van der Waals surface area contributed by atoms with Crippen molar-refractivity contribution in [3.8, 4) is 28.7 Å². The zero-order valence-corrected chi connectivity index (χ0v) is 20.9. The van der Waals surface area contributed by atoms with Crippen LogP contribution in [-0.2, 0) is 9.59 Å². The van der Waals surface area contributed by atoms with Crippen LogP contribution in [0, 0.1) is 17.0 Å². The van der Waals surface area contributed by atoms with Gasteiger partial charge in [0.2, 0.25) is 11.8 Å². The average molecular weight is 536 g/mol. The van der Waals surface area contributed by atoms with Gasteiger partial charge in [-0.25, -0.2) is 8.78 Å². The normalized spacial score (nSPS) is 13.4. The van der Waals surface area contributed by atoms with E-state index in [1.54, 1.807) is 18.2 Å². The second-order valence-corrected chi connectivity index (χ2v) is 8.93. The summed E-state index contributed by atoms with van der Waals surface area (Å²) >= 11 is 0. The second kappa shape index (κ2) is 10.1. The van der Waals surface area contributed by atoms with Gasteiger partial charge in [0, 0.05) is 35.5 Å². The van der Waals surface area contributed by atoms with E-state index in [1.807, 2.05) is 0 Å². The molecule has 1 saturated carbocycles. The maximum Gasteiger partial charge on any atom is 0.240 e. The van der Waals surface area contributed by atoms with Crippen LogP contribution in [0.4, 0.5) is 20.2 Å². The van der Waals surface area contributed by atoms with Gasteiger partial charge >= 0.3 is 0 Å². The lowest BCUT2D eigenvalue weighted by Crippen LogP contribution is -2.35. The predicted octanol–water partition coefficient (Wildman–Crippen LogP) is 5.39. The molecule has 5 rings (SSSR count). The van der Waals surface area contributed by atoms with Crippen molar-refractivity contribution in [3.63, 3.8) is 0 Å². The number of pyridine rings is 1. The number of fused-ring (bicyclic) bond motifs is 1. The molecule has 3 aromatic carbocycles. The number of ether oxygens (including phenoxy) is 3. The van der Waals surface area contributed by atoms with Crippen molar-refractivity contribution < 1.29 is 37.7 Å². The van der Waals surface area contributed by atoms with Gasteiger partial charge in [-0.05, 0) is 49.2 Å². The maximum atomic E-state index is 15.0. The zero-order valence-electron chi connectivity index (χ0n) is 20.9. The Kier molecular flexibility index (Phi) is 6.65. The molecule has 1 fully saturated rings. The molecule has 4 aromatic rings. The number of nitrogens with zero attached hydrogens (tertiary/aromatic N) is 1. The first kappa shape index (κ1) is 25.7. The molecule has 9 nitrogen and oxygen atoms in total. The van der Waals surface area contributed by atoms with Crippen LogP contribution >= 0.6 is 0 Å². The van der Waals surface area contributed by atoms with E-state index in [1.165, 1.54) is 38.6 Å². The Bertz CT molecular complexity index is 1610. The highest BCUT2D eigenvalue weighted by molar-refractivity contribution is 6.17. The fourth-order valence-electron chi connectivity index (χ4n) is 4.10. The van der Waals surface area contributed by atoms with E-state index in [9.17, 15) is 19.1 Å². The first-order chi connectivity index (χ1) is 18.7. The molecule has 11 heteroatoms. The van der Waals surface area contributed by atoms with Crippen molar-refractivity contribution in [2.45, 2.75) is 12.8 Å². The van der Waals surface area contributed by atoms with Gasteiger partial charge in [0.1, 0.15) is 22.7 Å². The first-order valence-corrected chi connectivity index (χ1v) is 11.8. The van der Waals surface area contributed by atoms with Crippen LogP contribution in [0.5, 0.6) is 28.7 Å². The van der Waals surface area contributed by atoms with E-state index in [4.69, 9.17) is 14.2 Å². The molecule has 0 bridgehead atoms. The van der Waals surface area contributed by atoms with Gasteiger partial charge in [-0.1, -0.05) is 0 Å². The molecule has 2 amide bonds. The fourth-order valence-corrected chi connectivity index (χ4v) is 4.10. The highest BCUT2D eigenvalue weighted by Gasteiger charge is 2.56. The summed E-state index contributed by atoms with van der Waals surface area (Å²) in [5.74, 6) is -1.99. The van der Waals surface area contributed by atoms with E-state index in [0.29, 0.717) is 28.2 Å². The molecule has 1 aliphatic carbocycles. The van der Waals surface area contributed by atoms with Crippen molar-refractivity contribution in [2.24, 2.45) is 5.41 Å². The van der Waals surface area contributed by atoms with Crippen molar-refractivity contribution in [1.29, 1.82) is 0 Å². The Morgan fingerprint density at radius 3 is 2.26 bits per heavy atom. The van der Waals surface area contributed by atoms with Crippen LogP contribution in [0.3, 0.4) is 0 Å². The minimum atomic E-state index is -1.39. The van der Waals surface area contributed by atoms with Gasteiger partial charge in [-0.3, -0.25) is 14.6 Å².